The number of carbonyl (C=O) groups excluding carboxylic acids is 1. The molecule has 1 aliphatic rings. The average Bonchev–Trinajstić information content (AvgIpc) is 3.01. The minimum Gasteiger partial charge on any atom is -0.481 e. The van der Waals surface area contributed by atoms with Crippen molar-refractivity contribution in [3.8, 4) is 0 Å². The summed E-state index contributed by atoms with van der Waals surface area (Å²) in [5, 5.41) is 9.52. The van der Waals surface area contributed by atoms with Gasteiger partial charge in [-0.3, -0.25) is 14.6 Å². The van der Waals surface area contributed by atoms with Gasteiger partial charge in [0.05, 0.1) is 5.92 Å². The van der Waals surface area contributed by atoms with Crippen LogP contribution in [-0.4, -0.2) is 40.0 Å². The summed E-state index contributed by atoms with van der Waals surface area (Å²) in [6.07, 6.45) is 1.58. The van der Waals surface area contributed by atoms with Gasteiger partial charge in [-0.05, 0) is 24.1 Å². The summed E-state index contributed by atoms with van der Waals surface area (Å²) in [4.78, 5) is 30.0. The Hall–Kier alpha value is -2.69. The van der Waals surface area contributed by atoms with E-state index in [-0.39, 0.29) is 18.4 Å². The first-order valence-electron chi connectivity index (χ1n) is 7.56. The van der Waals surface area contributed by atoms with Crippen molar-refractivity contribution in [2.75, 3.05) is 13.1 Å². The van der Waals surface area contributed by atoms with E-state index in [9.17, 15) is 14.7 Å². The molecular formula is C18H18N2O3. The molecule has 1 saturated heterocycles. The Balaban J connectivity index is 1.87. The molecule has 5 nitrogen and oxygen atoms in total. The van der Waals surface area contributed by atoms with Crippen LogP contribution in [0.15, 0.2) is 48.7 Å². The molecule has 0 bridgehead atoms. The third-order valence-corrected chi connectivity index (χ3v) is 4.36. The van der Waals surface area contributed by atoms with Crippen LogP contribution in [0.2, 0.25) is 0 Å². The van der Waals surface area contributed by atoms with Crippen LogP contribution in [0.4, 0.5) is 0 Å². The van der Waals surface area contributed by atoms with E-state index in [2.05, 4.69) is 4.98 Å². The molecule has 0 spiro atoms. The third-order valence-electron chi connectivity index (χ3n) is 4.36. The van der Waals surface area contributed by atoms with Gasteiger partial charge < -0.3 is 10.0 Å². The lowest BCUT2D eigenvalue weighted by molar-refractivity contribution is -0.141. The smallest absolute Gasteiger partial charge is 0.308 e. The molecule has 1 aromatic carbocycles. The molecule has 2 heterocycles. The number of rotatable bonds is 3. The zero-order valence-corrected chi connectivity index (χ0v) is 12.8. The van der Waals surface area contributed by atoms with Crippen molar-refractivity contribution in [1.82, 2.24) is 9.88 Å². The van der Waals surface area contributed by atoms with Crippen molar-refractivity contribution in [3.63, 3.8) is 0 Å². The lowest BCUT2D eigenvalue weighted by Gasteiger charge is -2.17. The molecule has 1 fully saturated rings. The number of aryl methyl sites for hydroxylation is 1. The molecule has 0 aliphatic carbocycles. The number of carbonyl (C=O) groups is 2. The Kier molecular flexibility index (Phi) is 4.10. The van der Waals surface area contributed by atoms with Crippen LogP contribution in [0.5, 0.6) is 0 Å². The minimum absolute atomic E-state index is 0.193. The molecule has 23 heavy (non-hydrogen) atoms. The van der Waals surface area contributed by atoms with E-state index < -0.39 is 11.9 Å². The molecule has 2 atom stereocenters. The Morgan fingerprint density at radius 1 is 1.13 bits per heavy atom. The first kappa shape index (κ1) is 15.2. The number of aliphatic carboxylic acids is 1. The number of hydrogen-bond donors (Lipinski definition) is 1. The van der Waals surface area contributed by atoms with Gasteiger partial charge in [-0.15, -0.1) is 0 Å². The second-order valence-corrected chi connectivity index (χ2v) is 5.84. The van der Waals surface area contributed by atoms with E-state index in [0.717, 1.165) is 11.1 Å². The molecule has 5 heteroatoms. The number of likely N-dealkylation sites (tertiary alicyclic amines) is 1. The fourth-order valence-corrected chi connectivity index (χ4v) is 3.12. The molecule has 2 unspecified atom stereocenters. The van der Waals surface area contributed by atoms with E-state index in [4.69, 9.17) is 0 Å². The van der Waals surface area contributed by atoms with Gasteiger partial charge in [0.15, 0.2) is 0 Å². The maximum atomic E-state index is 12.7. The zero-order valence-electron chi connectivity index (χ0n) is 12.8. The third kappa shape index (κ3) is 2.95. The topological polar surface area (TPSA) is 70.5 Å². The molecular weight excluding hydrogens is 292 g/mol. The highest BCUT2D eigenvalue weighted by molar-refractivity contribution is 5.94. The molecule has 0 radical (unpaired) electrons. The molecule has 1 N–H and O–H groups in total. The number of amides is 1. The summed E-state index contributed by atoms with van der Waals surface area (Å²) in [5.74, 6) is -1.85. The molecule has 1 aromatic heterocycles. The van der Waals surface area contributed by atoms with Crippen molar-refractivity contribution in [2.45, 2.75) is 12.8 Å². The van der Waals surface area contributed by atoms with Crippen LogP contribution >= 0.6 is 0 Å². The van der Waals surface area contributed by atoms with Crippen LogP contribution in [-0.2, 0) is 4.79 Å². The fraction of sp³-hybridized carbons (Fsp3) is 0.278. The summed E-state index contributed by atoms with van der Waals surface area (Å²) in [5.41, 5.74) is 2.14. The number of benzene rings is 1. The first-order chi connectivity index (χ1) is 11.1. The normalized spacial score (nSPS) is 20.5. The number of pyridine rings is 1. The van der Waals surface area contributed by atoms with Crippen molar-refractivity contribution in [2.24, 2.45) is 5.92 Å². The van der Waals surface area contributed by atoms with Crippen molar-refractivity contribution >= 4 is 11.9 Å². The van der Waals surface area contributed by atoms with Gasteiger partial charge in [-0.25, -0.2) is 0 Å². The highest BCUT2D eigenvalue weighted by atomic mass is 16.4. The SMILES string of the molecule is Cc1cccnc1C(=O)N1CC(C(=O)O)C(c2ccccc2)C1. The van der Waals surface area contributed by atoms with Gasteiger partial charge in [0, 0.05) is 25.2 Å². The van der Waals surface area contributed by atoms with Crippen LogP contribution in [0, 0.1) is 12.8 Å². The molecule has 1 amide bonds. The molecule has 2 aromatic rings. The second-order valence-electron chi connectivity index (χ2n) is 5.84. The van der Waals surface area contributed by atoms with Gasteiger partial charge in [-0.1, -0.05) is 36.4 Å². The van der Waals surface area contributed by atoms with Gasteiger partial charge in [0.25, 0.3) is 5.91 Å². The van der Waals surface area contributed by atoms with Crippen molar-refractivity contribution in [3.05, 3.63) is 65.5 Å². The monoisotopic (exact) mass is 310 g/mol. The van der Waals surface area contributed by atoms with Crippen LogP contribution in [0.25, 0.3) is 0 Å². The molecule has 1 aliphatic heterocycles. The van der Waals surface area contributed by atoms with Crippen LogP contribution in [0.3, 0.4) is 0 Å². The number of carboxylic acid groups (broad SMARTS) is 1. The Bertz CT molecular complexity index is 730. The van der Waals surface area contributed by atoms with E-state index in [1.807, 2.05) is 43.3 Å². The maximum absolute atomic E-state index is 12.7. The number of carboxylic acids is 1. The van der Waals surface area contributed by atoms with E-state index in [1.54, 1.807) is 17.2 Å². The van der Waals surface area contributed by atoms with Gasteiger partial charge in [-0.2, -0.15) is 0 Å². The van der Waals surface area contributed by atoms with E-state index >= 15 is 0 Å². The Labute approximate surface area is 134 Å². The van der Waals surface area contributed by atoms with Crippen LogP contribution < -0.4 is 0 Å². The zero-order chi connectivity index (χ0) is 16.4. The number of nitrogens with zero attached hydrogens (tertiary/aromatic N) is 2. The summed E-state index contributed by atoms with van der Waals surface area (Å²) in [6, 6.07) is 13.1. The summed E-state index contributed by atoms with van der Waals surface area (Å²) >= 11 is 0. The lowest BCUT2D eigenvalue weighted by Crippen LogP contribution is -2.31. The highest BCUT2D eigenvalue weighted by Gasteiger charge is 2.41. The molecule has 3 rings (SSSR count). The van der Waals surface area contributed by atoms with E-state index in [1.165, 1.54) is 0 Å². The quantitative estimate of drug-likeness (QED) is 0.944. The summed E-state index contributed by atoms with van der Waals surface area (Å²) in [6.45, 7) is 2.44. The Morgan fingerprint density at radius 3 is 2.52 bits per heavy atom. The average molecular weight is 310 g/mol. The number of hydrogen-bond acceptors (Lipinski definition) is 3. The summed E-state index contributed by atoms with van der Waals surface area (Å²) < 4.78 is 0. The van der Waals surface area contributed by atoms with Gasteiger partial charge in [0.2, 0.25) is 0 Å². The highest BCUT2D eigenvalue weighted by Crippen LogP contribution is 2.33. The van der Waals surface area contributed by atoms with Crippen molar-refractivity contribution < 1.29 is 14.7 Å². The lowest BCUT2D eigenvalue weighted by atomic mass is 9.89. The molecule has 118 valence electrons. The first-order valence-corrected chi connectivity index (χ1v) is 7.56. The molecule has 0 saturated carbocycles. The predicted octanol–water partition coefficient (Wildman–Crippen LogP) is 2.33. The van der Waals surface area contributed by atoms with Crippen molar-refractivity contribution in [1.29, 1.82) is 0 Å². The minimum atomic E-state index is -0.869. The Morgan fingerprint density at radius 2 is 1.87 bits per heavy atom. The standard InChI is InChI=1S/C18H18N2O3/c1-12-6-5-9-19-16(12)17(21)20-10-14(15(11-20)18(22)23)13-7-3-2-4-8-13/h2-9,14-15H,10-11H2,1H3,(H,22,23). The fourth-order valence-electron chi connectivity index (χ4n) is 3.12. The van der Waals surface area contributed by atoms with E-state index in [0.29, 0.717) is 12.2 Å². The predicted molar refractivity (Wildman–Crippen MR) is 85.2 cm³/mol. The number of aromatic nitrogens is 1. The maximum Gasteiger partial charge on any atom is 0.308 e. The largest absolute Gasteiger partial charge is 0.481 e. The van der Waals surface area contributed by atoms with Crippen LogP contribution in [0.1, 0.15) is 27.5 Å². The second kappa shape index (κ2) is 6.20. The summed E-state index contributed by atoms with van der Waals surface area (Å²) in [7, 11) is 0. The van der Waals surface area contributed by atoms with Gasteiger partial charge in [0.1, 0.15) is 5.69 Å². The van der Waals surface area contributed by atoms with Gasteiger partial charge >= 0.3 is 5.97 Å².